The summed E-state index contributed by atoms with van der Waals surface area (Å²) in [4.78, 5) is 24.3. The number of hydrogen-bond donors (Lipinski definition) is 2. The molecule has 1 aliphatic rings. The summed E-state index contributed by atoms with van der Waals surface area (Å²) < 4.78 is 5.78. The smallest absolute Gasteiger partial charge is 0.227 e. The average Bonchev–Trinajstić information content (AvgIpc) is 2.72. The van der Waals surface area contributed by atoms with Crippen LogP contribution in [-0.2, 0) is 22.4 Å². The van der Waals surface area contributed by atoms with Crippen LogP contribution < -0.4 is 15.4 Å². The molecule has 148 valence electrons. The Labute approximate surface area is 166 Å². The van der Waals surface area contributed by atoms with E-state index in [-0.39, 0.29) is 23.8 Å². The van der Waals surface area contributed by atoms with Gasteiger partial charge in [-0.3, -0.25) is 9.59 Å². The first-order chi connectivity index (χ1) is 13.5. The zero-order valence-electron chi connectivity index (χ0n) is 16.5. The van der Waals surface area contributed by atoms with Crippen LogP contribution in [0.5, 0.6) is 5.75 Å². The quantitative estimate of drug-likeness (QED) is 0.769. The normalized spacial score (nSPS) is 16.4. The number of rotatable bonds is 7. The minimum Gasteiger partial charge on any atom is -0.492 e. The maximum absolute atomic E-state index is 12.7. The molecule has 0 unspecified atom stereocenters. The van der Waals surface area contributed by atoms with Gasteiger partial charge >= 0.3 is 0 Å². The molecule has 0 radical (unpaired) electrons. The van der Waals surface area contributed by atoms with E-state index < -0.39 is 0 Å². The van der Waals surface area contributed by atoms with Crippen LogP contribution in [0.1, 0.15) is 37.8 Å². The highest BCUT2D eigenvalue weighted by atomic mass is 16.5. The van der Waals surface area contributed by atoms with Crippen LogP contribution in [0.2, 0.25) is 0 Å². The van der Waals surface area contributed by atoms with Crippen molar-refractivity contribution in [2.24, 2.45) is 5.92 Å². The first kappa shape index (κ1) is 19.9. The molecule has 3 rings (SSSR count). The van der Waals surface area contributed by atoms with Crippen molar-refractivity contribution in [3.05, 3.63) is 59.7 Å². The second-order valence-corrected chi connectivity index (χ2v) is 7.37. The summed E-state index contributed by atoms with van der Waals surface area (Å²) in [5, 5.41) is 5.97. The van der Waals surface area contributed by atoms with Crippen molar-refractivity contribution >= 4 is 17.5 Å². The number of carbonyl (C=O) groups is 2. The summed E-state index contributed by atoms with van der Waals surface area (Å²) in [5.41, 5.74) is 2.98. The van der Waals surface area contributed by atoms with E-state index in [1.165, 1.54) is 5.56 Å². The lowest BCUT2D eigenvalue weighted by molar-refractivity contribution is -0.127. The molecule has 2 aromatic carbocycles. The van der Waals surface area contributed by atoms with Gasteiger partial charge in [-0.2, -0.15) is 0 Å². The van der Waals surface area contributed by atoms with Gasteiger partial charge in [0, 0.05) is 18.2 Å². The molecule has 28 heavy (non-hydrogen) atoms. The molecule has 2 amide bonds. The second kappa shape index (κ2) is 9.40. The topological polar surface area (TPSA) is 67.4 Å². The molecule has 0 bridgehead atoms. The molecule has 2 atom stereocenters. The monoisotopic (exact) mass is 380 g/mol. The van der Waals surface area contributed by atoms with Gasteiger partial charge in [0.1, 0.15) is 12.4 Å². The summed E-state index contributed by atoms with van der Waals surface area (Å²) in [5.74, 6) is 0.562. The molecule has 0 fully saturated rings. The zero-order valence-corrected chi connectivity index (χ0v) is 16.5. The van der Waals surface area contributed by atoms with E-state index in [4.69, 9.17) is 4.74 Å². The Morgan fingerprint density at radius 1 is 1.18 bits per heavy atom. The minimum absolute atomic E-state index is 0.0224. The lowest BCUT2D eigenvalue weighted by Crippen LogP contribution is -2.41. The lowest BCUT2D eigenvalue weighted by atomic mass is 9.95. The van der Waals surface area contributed by atoms with E-state index in [2.05, 4.69) is 22.8 Å². The molecule has 0 spiro atoms. The highest BCUT2D eigenvalue weighted by Crippen LogP contribution is 2.30. The third-order valence-corrected chi connectivity index (χ3v) is 5.04. The molecule has 0 aliphatic carbocycles. The predicted molar refractivity (Wildman–Crippen MR) is 110 cm³/mol. The summed E-state index contributed by atoms with van der Waals surface area (Å²) in [6, 6.07) is 16.0. The van der Waals surface area contributed by atoms with Gasteiger partial charge in [0.25, 0.3) is 0 Å². The average molecular weight is 380 g/mol. The third-order valence-electron chi connectivity index (χ3n) is 5.04. The van der Waals surface area contributed by atoms with Crippen LogP contribution in [0.25, 0.3) is 0 Å². The van der Waals surface area contributed by atoms with E-state index in [0.717, 1.165) is 29.8 Å². The van der Waals surface area contributed by atoms with Crippen molar-refractivity contribution in [1.82, 2.24) is 5.32 Å². The molecular weight excluding hydrogens is 352 g/mol. The van der Waals surface area contributed by atoms with Gasteiger partial charge in [-0.25, -0.2) is 0 Å². The van der Waals surface area contributed by atoms with Crippen LogP contribution in [0.15, 0.2) is 48.5 Å². The van der Waals surface area contributed by atoms with Crippen molar-refractivity contribution in [2.75, 3.05) is 11.9 Å². The molecule has 2 aromatic rings. The Hall–Kier alpha value is -2.82. The number of aryl methyl sites for hydroxylation is 1. The Balaban J connectivity index is 1.54. The number of benzene rings is 2. The SMILES string of the molecule is CCC(=O)Nc1ccc2c(c1)C[C@@H](C(=O)N[C@@H](C)CCc1ccccc1)CO2. The predicted octanol–water partition coefficient (Wildman–Crippen LogP) is 3.72. The molecule has 0 aromatic heterocycles. The van der Waals surface area contributed by atoms with Gasteiger partial charge in [0.15, 0.2) is 0 Å². The van der Waals surface area contributed by atoms with Gasteiger partial charge in [0.2, 0.25) is 11.8 Å². The number of fused-ring (bicyclic) bond motifs is 1. The number of nitrogens with one attached hydrogen (secondary N) is 2. The first-order valence-corrected chi connectivity index (χ1v) is 9.95. The number of anilines is 1. The Kier molecular flexibility index (Phi) is 6.69. The van der Waals surface area contributed by atoms with Crippen LogP contribution in [0.3, 0.4) is 0 Å². The van der Waals surface area contributed by atoms with Gasteiger partial charge in [0.05, 0.1) is 5.92 Å². The van der Waals surface area contributed by atoms with Crippen LogP contribution in [-0.4, -0.2) is 24.5 Å². The second-order valence-electron chi connectivity index (χ2n) is 7.37. The summed E-state index contributed by atoms with van der Waals surface area (Å²) in [6.45, 7) is 4.23. The molecule has 5 nitrogen and oxygen atoms in total. The molecular formula is C23H28N2O3. The molecule has 0 saturated carbocycles. The van der Waals surface area contributed by atoms with Gasteiger partial charge in [-0.1, -0.05) is 37.3 Å². The first-order valence-electron chi connectivity index (χ1n) is 9.95. The van der Waals surface area contributed by atoms with Gasteiger partial charge in [-0.15, -0.1) is 0 Å². The fraction of sp³-hybridized carbons (Fsp3) is 0.391. The summed E-state index contributed by atoms with van der Waals surface area (Å²) in [7, 11) is 0. The fourth-order valence-corrected chi connectivity index (χ4v) is 3.35. The highest BCUT2D eigenvalue weighted by molar-refractivity contribution is 5.90. The Morgan fingerprint density at radius 2 is 1.96 bits per heavy atom. The van der Waals surface area contributed by atoms with Crippen molar-refractivity contribution in [2.45, 2.75) is 45.6 Å². The maximum atomic E-state index is 12.7. The van der Waals surface area contributed by atoms with Crippen molar-refractivity contribution in [3.63, 3.8) is 0 Å². The molecule has 2 N–H and O–H groups in total. The molecule has 1 aliphatic heterocycles. The van der Waals surface area contributed by atoms with Gasteiger partial charge in [-0.05, 0) is 55.5 Å². The number of carbonyl (C=O) groups excluding carboxylic acids is 2. The van der Waals surface area contributed by atoms with Gasteiger partial charge < -0.3 is 15.4 Å². The summed E-state index contributed by atoms with van der Waals surface area (Å²) in [6.07, 6.45) is 2.88. The van der Waals surface area contributed by atoms with Crippen molar-refractivity contribution in [1.29, 1.82) is 0 Å². The van der Waals surface area contributed by atoms with E-state index in [0.29, 0.717) is 19.4 Å². The number of amides is 2. The van der Waals surface area contributed by atoms with E-state index >= 15 is 0 Å². The fourth-order valence-electron chi connectivity index (χ4n) is 3.35. The Bertz CT molecular complexity index is 820. The van der Waals surface area contributed by atoms with Crippen molar-refractivity contribution in [3.8, 4) is 5.75 Å². The molecule has 5 heteroatoms. The molecule has 1 heterocycles. The van der Waals surface area contributed by atoms with Crippen molar-refractivity contribution < 1.29 is 14.3 Å². The number of hydrogen-bond acceptors (Lipinski definition) is 3. The number of ether oxygens (including phenoxy) is 1. The lowest BCUT2D eigenvalue weighted by Gasteiger charge is -2.26. The van der Waals surface area contributed by atoms with Crippen LogP contribution in [0.4, 0.5) is 5.69 Å². The zero-order chi connectivity index (χ0) is 19.9. The Morgan fingerprint density at radius 3 is 2.71 bits per heavy atom. The highest BCUT2D eigenvalue weighted by Gasteiger charge is 2.27. The maximum Gasteiger partial charge on any atom is 0.227 e. The standard InChI is InChI=1S/C23H28N2O3/c1-3-22(26)25-20-11-12-21-18(14-20)13-19(15-28-21)23(27)24-16(2)9-10-17-7-5-4-6-8-17/h4-8,11-12,14,16,19H,3,9-10,13,15H2,1-2H3,(H,24,27)(H,25,26)/t16-,19+/m0/s1. The summed E-state index contributed by atoms with van der Waals surface area (Å²) >= 11 is 0. The molecule has 0 saturated heterocycles. The van der Waals surface area contributed by atoms with E-state index in [1.54, 1.807) is 0 Å². The van der Waals surface area contributed by atoms with E-state index in [1.807, 2.05) is 50.2 Å². The minimum atomic E-state index is -0.219. The van der Waals surface area contributed by atoms with Crippen LogP contribution in [0, 0.1) is 5.92 Å². The third kappa shape index (κ3) is 5.35. The van der Waals surface area contributed by atoms with Crippen LogP contribution >= 0.6 is 0 Å². The van der Waals surface area contributed by atoms with E-state index in [9.17, 15) is 9.59 Å². The largest absolute Gasteiger partial charge is 0.492 e.